The molecule has 0 fully saturated rings. The predicted octanol–water partition coefficient (Wildman–Crippen LogP) is 2.22. The molecule has 8 heteroatoms. The highest BCUT2D eigenvalue weighted by atomic mass is 32.1. The van der Waals surface area contributed by atoms with E-state index in [0.717, 1.165) is 4.88 Å². The standard InChI is InChI=1S/C13H12N4O3S/c18-13(16-15-8-12-5-2-6-21-12)9-14-10-3-1-4-11(7-10)17(19)20/h1-8,14H,9H2,(H,16,18)/b15-8-. The fraction of sp³-hybridized carbons (Fsp3) is 0.0769. The molecule has 0 aliphatic heterocycles. The van der Waals surface area contributed by atoms with Crippen LogP contribution in [0.4, 0.5) is 11.4 Å². The molecule has 1 amide bonds. The van der Waals surface area contributed by atoms with Gasteiger partial charge in [-0.15, -0.1) is 11.3 Å². The molecule has 21 heavy (non-hydrogen) atoms. The number of carbonyl (C=O) groups excluding carboxylic acids is 1. The Morgan fingerprint density at radius 2 is 2.24 bits per heavy atom. The Morgan fingerprint density at radius 1 is 1.38 bits per heavy atom. The van der Waals surface area contributed by atoms with Gasteiger partial charge in [-0.2, -0.15) is 5.10 Å². The van der Waals surface area contributed by atoms with E-state index in [2.05, 4.69) is 15.8 Å². The van der Waals surface area contributed by atoms with E-state index in [9.17, 15) is 14.9 Å². The summed E-state index contributed by atoms with van der Waals surface area (Å²) in [6.07, 6.45) is 1.55. The van der Waals surface area contributed by atoms with Crippen LogP contribution in [0, 0.1) is 10.1 Å². The normalized spacial score (nSPS) is 10.5. The number of nitro groups is 1. The van der Waals surface area contributed by atoms with E-state index in [-0.39, 0.29) is 18.1 Å². The zero-order valence-electron chi connectivity index (χ0n) is 10.9. The Hall–Kier alpha value is -2.74. The lowest BCUT2D eigenvalue weighted by molar-refractivity contribution is -0.384. The Balaban J connectivity index is 1.81. The van der Waals surface area contributed by atoms with E-state index in [1.165, 1.54) is 23.5 Å². The first-order valence-electron chi connectivity index (χ1n) is 5.99. The maximum absolute atomic E-state index is 11.5. The van der Waals surface area contributed by atoms with E-state index in [4.69, 9.17) is 0 Å². The summed E-state index contributed by atoms with van der Waals surface area (Å²) in [4.78, 5) is 22.6. The number of nitrogens with one attached hydrogen (secondary N) is 2. The van der Waals surface area contributed by atoms with E-state index in [0.29, 0.717) is 5.69 Å². The van der Waals surface area contributed by atoms with Crippen molar-refractivity contribution in [1.29, 1.82) is 0 Å². The number of hydrogen-bond acceptors (Lipinski definition) is 6. The molecule has 0 atom stereocenters. The highest BCUT2D eigenvalue weighted by Crippen LogP contribution is 2.16. The van der Waals surface area contributed by atoms with Gasteiger partial charge in [-0.1, -0.05) is 12.1 Å². The van der Waals surface area contributed by atoms with Gasteiger partial charge in [0, 0.05) is 22.7 Å². The predicted molar refractivity (Wildman–Crippen MR) is 81.6 cm³/mol. The summed E-state index contributed by atoms with van der Waals surface area (Å²) >= 11 is 1.51. The SMILES string of the molecule is O=C(CNc1cccc([N+](=O)[O-])c1)N/N=C\c1cccs1. The van der Waals surface area contributed by atoms with E-state index >= 15 is 0 Å². The first-order chi connectivity index (χ1) is 10.1. The van der Waals surface area contributed by atoms with Crippen LogP contribution in [0.15, 0.2) is 46.9 Å². The molecule has 2 rings (SSSR count). The van der Waals surface area contributed by atoms with Crippen molar-refractivity contribution in [3.8, 4) is 0 Å². The van der Waals surface area contributed by atoms with Crippen molar-refractivity contribution < 1.29 is 9.72 Å². The van der Waals surface area contributed by atoms with Crippen LogP contribution >= 0.6 is 11.3 Å². The number of non-ortho nitro benzene ring substituents is 1. The number of rotatable bonds is 6. The fourth-order valence-electron chi connectivity index (χ4n) is 1.48. The zero-order valence-corrected chi connectivity index (χ0v) is 11.7. The van der Waals surface area contributed by atoms with Crippen molar-refractivity contribution in [2.24, 2.45) is 5.10 Å². The van der Waals surface area contributed by atoms with Gasteiger partial charge in [0.25, 0.3) is 11.6 Å². The zero-order chi connectivity index (χ0) is 15.1. The number of anilines is 1. The summed E-state index contributed by atoms with van der Waals surface area (Å²) in [6.45, 7) is -0.0249. The molecule has 0 saturated carbocycles. The number of carbonyl (C=O) groups is 1. The molecule has 1 aromatic carbocycles. The molecule has 0 radical (unpaired) electrons. The Kier molecular flexibility index (Phi) is 4.99. The first kappa shape index (κ1) is 14.7. The van der Waals surface area contributed by atoms with Crippen molar-refractivity contribution in [2.75, 3.05) is 11.9 Å². The average Bonchev–Trinajstić information content (AvgIpc) is 2.99. The summed E-state index contributed by atoms with van der Waals surface area (Å²) in [6, 6.07) is 9.71. The summed E-state index contributed by atoms with van der Waals surface area (Å²) < 4.78 is 0. The summed E-state index contributed by atoms with van der Waals surface area (Å²) in [5.41, 5.74) is 2.84. The van der Waals surface area contributed by atoms with Gasteiger partial charge in [0.1, 0.15) is 0 Å². The number of amides is 1. The van der Waals surface area contributed by atoms with Crippen LogP contribution in [0.3, 0.4) is 0 Å². The Bertz CT molecular complexity index is 655. The van der Waals surface area contributed by atoms with Gasteiger partial charge in [0.15, 0.2) is 0 Å². The Morgan fingerprint density at radius 3 is 2.95 bits per heavy atom. The van der Waals surface area contributed by atoms with Crippen LogP contribution in [0.2, 0.25) is 0 Å². The van der Waals surface area contributed by atoms with Gasteiger partial charge in [-0.05, 0) is 17.5 Å². The van der Waals surface area contributed by atoms with Crippen molar-refractivity contribution in [1.82, 2.24) is 5.43 Å². The lowest BCUT2D eigenvalue weighted by Crippen LogP contribution is -2.25. The van der Waals surface area contributed by atoms with Crippen LogP contribution in [-0.4, -0.2) is 23.6 Å². The quantitative estimate of drug-likeness (QED) is 0.486. The van der Waals surface area contributed by atoms with Crippen molar-refractivity contribution in [2.45, 2.75) is 0 Å². The van der Waals surface area contributed by atoms with Gasteiger partial charge in [-0.3, -0.25) is 14.9 Å². The molecule has 0 aliphatic rings. The third-order valence-electron chi connectivity index (χ3n) is 2.43. The minimum Gasteiger partial charge on any atom is -0.376 e. The smallest absolute Gasteiger partial charge is 0.271 e. The minimum absolute atomic E-state index is 0.0249. The van der Waals surface area contributed by atoms with Crippen molar-refractivity contribution in [3.05, 3.63) is 56.8 Å². The van der Waals surface area contributed by atoms with Gasteiger partial charge >= 0.3 is 0 Å². The lowest BCUT2D eigenvalue weighted by atomic mass is 10.3. The van der Waals surface area contributed by atoms with Gasteiger partial charge in [0.2, 0.25) is 0 Å². The number of benzene rings is 1. The second kappa shape index (κ2) is 7.15. The highest BCUT2D eigenvalue weighted by molar-refractivity contribution is 7.11. The van der Waals surface area contributed by atoms with Gasteiger partial charge in [0.05, 0.1) is 17.7 Å². The van der Waals surface area contributed by atoms with Crippen molar-refractivity contribution in [3.63, 3.8) is 0 Å². The molecule has 0 bridgehead atoms. The lowest BCUT2D eigenvalue weighted by Gasteiger charge is -2.04. The molecule has 0 aliphatic carbocycles. The van der Waals surface area contributed by atoms with Crippen molar-refractivity contribution >= 4 is 34.8 Å². The molecule has 2 N–H and O–H groups in total. The first-order valence-corrected chi connectivity index (χ1v) is 6.87. The third kappa shape index (κ3) is 4.69. The molecule has 0 unspecified atom stereocenters. The molecule has 2 aromatic rings. The second-order valence-electron chi connectivity index (χ2n) is 3.97. The fourth-order valence-corrected chi connectivity index (χ4v) is 2.07. The molecule has 1 aromatic heterocycles. The summed E-state index contributed by atoms with van der Waals surface area (Å²) in [7, 11) is 0. The highest BCUT2D eigenvalue weighted by Gasteiger charge is 2.06. The third-order valence-corrected chi connectivity index (χ3v) is 3.24. The maximum Gasteiger partial charge on any atom is 0.271 e. The van der Waals surface area contributed by atoms with Crippen LogP contribution in [-0.2, 0) is 4.79 Å². The van der Waals surface area contributed by atoms with E-state index < -0.39 is 4.92 Å². The number of thiophene rings is 1. The number of nitrogens with zero attached hydrogens (tertiary/aromatic N) is 2. The largest absolute Gasteiger partial charge is 0.376 e. The topological polar surface area (TPSA) is 96.6 Å². The van der Waals surface area contributed by atoms with Crippen LogP contribution < -0.4 is 10.7 Å². The molecule has 0 spiro atoms. The summed E-state index contributed by atoms with van der Waals surface area (Å²) in [5, 5.41) is 19.1. The molecule has 108 valence electrons. The molecular weight excluding hydrogens is 292 g/mol. The average molecular weight is 304 g/mol. The Labute approximate surface area is 124 Å². The minimum atomic E-state index is -0.490. The summed E-state index contributed by atoms with van der Waals surface area (Å²) in [5.74, 6) is -0.339. The number of hydrogen-bond donors (Lipinski definition) is 2. The van der Waals surface area contributed by atoms with Gasteiger partial charge < -0.3 is 5.32 Å². The monoisotopic (exact) mass is 304 g/mol. The molecular formula is C13H12N4O3S. The molecule has 1 heterocycles. The van der Waals surface area contributed by atoms with Crippen LogP contribution in [0.25, 0.3) is 0 Å². The van der Waals surface area contributed by atoms with Crippen LogP contribution in [0.5, 0.6) is 0 Å². The molecule has 0 saturated heterocycles. The van der Waals surface area contributed by atoms with E-state index in [1.807, 2.05) is 17.5 Å². The van der Waals surface area contributed by atoms with Crippen LogP contribution in [0.1, 0.15) is 4.88 Å². The second-order valence-corrected chi connectivity index (χ2v) is 4.95. The van der Waals surface area contributed by atoms with Gasteiger partial charge in [-0.25, -0.2) is 5.43 Å². The van der Waals surface area contributed by atoms with E-state index in [1.54, 1.807) is 18.3 Å². The number of nitro benzene ring substituents is 1. The maximum atomic E-state index is 11.5. The molecule has 7 nitrogen and oxygen atoms in total. The number of hydrazone groups is 1.